The molecule has 2 aromatic heterocycles. The summed E-state index contributed by atoms with van der Waals surface area (Å²) in [6.07, 6.45) is -1.35. The van der Waals surface area contributed by atoms with Gasteiger partial charge in [-0.2, -0.15) is 11.8 Å². The Kier molecular flexibility index (Phi) is 6.46. The maximum atomic E-state index is 11.6. The van der Waals surface area contributed by atoms with Gasteiger partial charge in [-0.1, -0.05) is 0 Å². The molecule has 0 unspecified atom stereocenters. The number of hydrogen-bond acceptors (Lipinski definition) is 10. The number of aliphatic hydroxyl groups excluding tert-OH is 2. The van der Waals surface area contributed by atoms with Gasteiger partial charge in [-0.15, -0.1) is 0 Å². The van der Waals surface area contributed by atoms with Gasteiger partial charge in [0.1, 0.15) is 29.7 Å². The monoisotopic (exact) mass is 426 g/mol. The molecular weight excluding hydrogens is 400 g/mol. The molecule has 1 saturated heterocycles. The van der Waals surface area contributed by atoms with Crippen LogP contribution in [0.5, 0.6) is 0 Å². The lowest BCUT2D eigenvalue weighted by Crippen LogP contribution is -2.34. The second-order valence-corrected chi connectivity index (χ2v) is 8.78. The molecule has 1 amide bonds. The molecule has 1 fully saturated rings. The lowest BCUT2D eigenvalue weighted by Gasteiger charge is -2.19. The summed E-state index contributed by atoms with van der Waals surface area (Å²) in [5.41, 5.74) is 6.07. The number of nitrogens with two attached hydrogens (primary N) is 1. The van der Waals surface area contributed by atoms with E-state index in [-0.39, 0.29) is 5.82 Å². The number of rotatable bonds is 6. The maximum Gasteiger partial charge on any atom is 0.407 e. The van der Waals surface area contributed by atoms with Crippen LogP contribution < -0.4 is 11.1 Å². The predicted molar refractivity (Wildman–Crippen MR) is 107 cm³/mol. The van der Waals surface area contributed by atoms with Crippen molar-refractivity contribution in [2.75, 3.05) is 23.8 Å². The van der Waals surface area contributed by atoms with Crippen LogP contribution in [0.3, 0.4) is 0 Å². The first-order chi connectivity index (χ1) is 13.7. The van der Waals surface area contributed by atoms with Gasteiger partial charge in [0.05, 0.1) is 12.4 Å². The van der Waals surface area contributed by atoms with E-state index in [4.69, 9.17) is 15.2 Å². The SMILES string of the molecule is CC(C)(C)OC(=O)NCCSC[C@H]1O[C@@H](n2cnc3c(N)ncnc32)[C@H](O)[C@@H]1O. The van der Waals surface area contributed by atoms with E-state index in [9.17, 15) is 15.0 Å². The van der Waals surface area contributed by atoms with Crippen LogP contribution in [0.4, 0.5) is 10.6 Å². The molecule has 0 spiro atoms. The number of alkyl carbamates (subject to hydrolysis) is 1. The molecular formula is C17H26N6O5S. The van der Waals surface area contributed by atoms with Crippen molar-refractivity contribution in [2.24, 2.45) is 0 Å². The molecule has 12 heteroatoms. The minimum atomic E-state index is -1.14. The summed E-state index contributed by atoms with van der Waals surface area (Å²) in [6.45, 7) is 5.81. The lowest BCUT2D eigenvalue weighted by molar-refractivity contribution is -0.0289. The molecule has 1 aliphatic heterocycles. The van der Waals surface area contributed by atoms with Crippen molar-refractivity contribution in [2.45, 2.75) is 50.9 Å². The van der Waals surface area contributed by atoms with Crippen LogP contribution in [-0.4, -0.2) is 77.8 Å². The van der Waals surface area contributed by atoms with E-state index in [1.807, 2.05) is 0 Å². The van der Waals surface area contributed by atoms with Crippen molar-refractivity contribution in [1.82, 2.24) is 24.8 Å². The van der Waals surface area contributed by atoms with Crippen molar-refractivity contribution in [3.8, 4) is 0 Å². The van der Waals surface area contributed by atoms with Gasteiger partial charge in [-0.3, -0.25) is 4.57 Å². The zero-order chi connectivity index (χ0) is 21.2. The van der Waals surface area contributed by atoms with Gasteiger partial charge in [-0.25, -0.2) is 19.7 Å². The Labute approximate surface area is 172 Å². The molecule has 0 bridgehead atoms. The third-order valence-corrected chi connectivity index (χ3v) is 5.25. The smallest absolute Gasteiger partial charge is 0.407 e. The fourth-order valence-electron chi connectivity index (χ4n) is 2.89. The van der Waals surface area contributed by atoms with E-state index in [0.717, 1.165) is 0 Å². The highest BCUT2D eigenvalue weighted by Crippen LogP contribution is 2.33. The number of aliphatic hydroxyl groups is 2. The molecule has 0 aromatic carbocycles. The summed E-state index contributed by atoms with van der Waals surface area (Å²) in [6, 6.07) is 0. The number of aromatic nitrogens is 4. The summed E-state index contributed by atoms with van der Waals surface area (Å²) in [7, 11) is 0. The second-order valence-electron chi connectivity index (χ2n) is 7.63. The summed E-state index contributed by atoms with van der Waals surface area (Å²) < 4.78 is 12.6. The zero-order valence-electron chi connectivity index (χ0n) is 16.5. The van der Waals surface area contributed by atoms with Crippen molar-refractivity contribution < 1.29 is 24.5 Å². The number of imidazole rings is 1. The summed E-state index contributed by atoms with van der Waals surface area (Å²) in [4.78, 5) is 23.8. The second kappa shape index (κ2) is 8.69. The number of hydrogen-bond donors (Lipinski definition) is 4. The number of fused-ring (bicyclic) bond motifs is 1. The number of nitrogens with zero attached hydrogens (tertiary/aromatic N) is 4. The third-order valence-electron chi connectivity index (χ3n) is 4.20. The number of anilines is 1. The van der Waals surface area contributed by atoms with Gasteiger partial charge in [-0.05, 0) is 20.8 Å². The van der Waals surface area contributed by atoms with Crippen molar-refractivity contribution >= 4 is 34.8 Å². The topological polar surface area (TPSA) is 158 Å². The van der Waals surface area contributed by atoms with E-state index >= 15 is 0 Å². The number of nitrogens with one attached hydrogen (secondary N) is 1. The molecule has 11 nitrogen and oxygen atoms in total. The van der Waals surface area contributed by atoms with Gasteiger partial charge >= 0.3 is 6.09 Å². The Bertz CT molecular complexity index is 856. The standard InChI is InChI=1S/C17H26N6O5S/c1-17(2,3)28-16(26)19-4-5-29-6-9-11(24)12(25)15(27-9)23-8-22-10-13(18)20-7-21-14(10)23/h7-9,11-12,15,24-25H,4-6H2,1-3H3,(H,19,26)(H2,18,20,21)/t9-,11-,12-,15-/m1/s1. The van der Waals surface area contributed by atoms with Gasteiger partial charge < -0.3 is 30.7 Å². The highest BCUT2D eigenvalue weighted by atomic mass is 32.2. The highest BCUT2D eigenvalue weighted by molar-refractivity contribution is 7.99. The summed E-state index contributed by atoms with van der Waals surface area (Å²) in [5, 5.41) is 23.5. The predicted octanol–water partition coefficient (Wildman–Crippen LogP) is 0.286. The van der Waals surface area contributed by atoms with Crippen LogP contribution in [0.1, 0.15) is 27.0 Å². The largest absolute Gasteiger partial charge is 0.444 e. The number of thioether (sulfide) groups is 1. The molecule has 0 radical (unpaired) electrons. The van der Waals surface area contributed by atoms with E-state index < -0.39 is 36.2 Å². The van der Waals surface area contributed by atoms with Crippen LogP contribution in [0.2, 0.25) is 0 Å². The number of carbonyl (C=O) groups excluding carboxylic acids is 1. The van der Waals surface area contributed by atoms with Crippen molar-refractivity contribution in [1.29, 1.82) is 0 Å². The minimum absolute atomic E-state index is 0.228. The van der Waals surface area contributed by atoms with Gasteiger partial charge in [0.2, 0.25) is 0 Å². The van der Waals surface area contributed by atoms with E-state index in [1.165, 1.54) is 29.0 Å². The molecule has 1 aliphatic rings. The summed E-state index contributed by atoms with van der Waals surface area (Å²) >= 11 is 1.48. The molecule has 5 N–H and O–H groups in total. The molecule has 29 heavy (non-hydrogen) atoms. The van der Waals surface area contributed by atoms with Crippen LogP contribution in [0, 0.1) is 0 Å². The first kappa shape index (κ1) is 21.6. The Morgan fingerprint density at radius 1 is 1.34 bits per heavy atom. The van der Waals surface area contributed by atoms with E-state index in [0.29, 0.717) is 29.2 Å². The Balaban J connectivity index is 1.51. The first-order valence-electron chi connectivity index (χ1n) is 9.16. The number of nitrogen functional groups attached to an aromatic ring is 1. The Hall–Kier alpha value is -2.15. The summed E-state index contributed by atoms with van der Waals surface area (Å²) in [5.74, 6) is 1.27. The average molecular weight is 426 g/mol. The molecule has 0 saturated carbocycles. The fraction of sp³-hybridized carbons (Fsp3) is 0.647. The van der Waals surface area contributed by atoms with Gasteiger partial charge in [0.15, 0.2) is 17.7 Å². The van der Waals surface area contributed by atoms with Crippen molar-refractivity contribution in [3.63, 3.8) is 0 Å². The number of ether oxygens (including phenoxy) is 2. The van der Waals surface area contributed by atoms with Crippen LogP contribution >= 0.6 is 11.8 Å². The molecule has 4 atom stereocenters. The molecule has 0 aliphatic carbocycles. The minimum Gasteiger partial charge on any atom is -0.444 e. The molecule has 2 aromatic rings. The quantitative estimate of drug-likeness (QED) is 0.473. The number of amides is 1. The lowest BCUT2D eigenvalue weighted by atomic mass is 10.1. The van der Waals surface area contributed by atoms with E-state index in [1.54, 1.807) is 20.8 Å². The molecule has 3 heterocycles. The third kappa shape index (κ3) is 5.07. The normalized spacial score (nSPS) is 24.7. The highest BCUT2D eigenvalue weighted by Gasteiger charge is 2.44. The first-order valence-corrected chi connectivity index (χ1v) is 10.3. The molecule has 3 rings (SSSR count). The number of carbonyl (C=O) groups is 1. The van der Waals surface area contributed by atoms with Crippen molar-refractivity contribution in [3.05, 3.63) is 12.7 Å². The van der Waals surface area contributed by atoms with Crippen LogP contribution in [0.15, 0.2) is 12.7 Å². The van der Waals surface area contributed by atoms with Crippen LogP contribution in [-0.2, 0) is 9.47 Å². The average Bonchev–Trinajstić information content (AvgIpc) is 3.17. The van der Waals surface area contributed by atoms with Crippen LogP contribution in [0.25, 0.3) is 11.2 Å². The van der Waals surface area contributed by atoms with Gasteiger partial charge in [0, 0.05) is 18.1 Å². The molecule has 160 valence electrons. The Morgan fingerprint density at radius 2 is 2.10 bits per heavy atom. The Morgan fingerprint density at radius 3 is 2.83 bits per heavy atom. The fourth-order valence-corrected chi connectivity index (χ4v) is 3.81. The maximum absolute atomic E-state index is 11.6. The zero-order valence-corrected chi connectivity index (χ0v) is 17.3. The van der Waals surface area contributed by atoms with E-state index in [2.05, 4.69) is 20.3 Å². The van der Waals surface area contributed by atoms with Gasteiger partial charge in [0.25, 0.3) is 0 Å².